The molecule has 1 aliphatic heterocycles. The van der Waals surface area contributed by atoms with Gasteiger partial charge in [0.2, 0.25) is 5.91 Å². The van der Waals surface area contributed by atoms with Crippen LogP contribution in [0.25, 0.3) is 0 Å². The second kappa shape index (κ2) is 6.69. The number of hydrogen-bond donors (Lipinski definition) is 3. The molecule has 0 unspecified atom stereocenters. The molecule has 1 heterocycles. The minimum Gasteiger partial charge on any atom is -0.480 e. The van der Waals surface area contributed by atoms with Gasteiger partial charge >= 0.3 is 5.97 Å². The normalized spacial score (nSPS) is 17.6. The van der Waals surface area contributed by atoms with Crippen molar-refractivity contribution in [2.75, 3.05) is 19.7 Å². The molecule has 21 heavy (non-hydrogen) atoms. The fourth-order valence-corrected chi connectivity index (χ4v) is 2.10. The molecule has 1 fully saturated rings. The van der Waals surface area contributed by atoms with Gasteiger partial charge in [-0.05, 0) is 12.5 Å². The summed E-state index contributed by atoms with van der Waals surface area (Å²) in [5.74, 6) is -1.46. The molecular formula is C15H20N2O4. The molecule has 0 spiro atoms. The number of hydrogen-bond acceptors (Lipinski definition) is 4. The first kappa shape index (κ1) is 15.5. The van der Waals surface area contributed by atoms with E-state index in [0.717, 1.165) is 5.56 Å². The zero-order valence-corrected chi connectivity index (χ0v) is 12.0. The fourth-order valence-electron chi connectivity index (χ4n) is 2.10. The number of carboxylic acids is 1. The van der Waals surface area contributed by atoms with E-state index >= 15 is 0 Å². The van der Waals surface area contributed by atoms with Crippen LogP contribution in [0.15, 0.2) is 30.3 Å². The number of carboxylic acid groups (broad SMARTS) is 1. The predicted octanol–water partition coefficient (Wildman–Crippen LogP) is 0.177. The summed E-state index contributed by atoms with van der Waals surface area (Å²) >= 11 is 0. The van der Waals surface area contributed by atoms with E-state index in [9.17, 15) is 14.7 Å². The van der Waals surface area contributed by atoms with Crippen molar-refractivity contribution < 1.29 is 19.4 Å². The molecule has 1 aromatic carbocycles. The number of benzene rings is 1. The fraction of sp³-hybridized carbons (Fsp3) is 0.467. The van der Waals surface area contributed by atoms with Gasteiger partial charge in [-0.1, -0.05) is 30.3 Å². The lowest BCUT2D eigenvalue weighted by molar-refractivity contribution is -0.145. The Morgan fingerprint density at radius 1 is 1.38 bits per heavy atom. The Balaban J connectivity index is 1.84. The van der Waals surface area contributed by atoms with E-state index in [-0.39, 0.29) is 18.6 Å². The van der Waals surface area contributed by atoms with Crippen LogP contribution in [-0.2, 0) is 20.7 Å². The summed E-state index contributed by atoms with van der Waals surface area (Å²) in [5, 5.41) is 14.8. The van der Waals surface area contributed by atoms with Crippen LogP contribution >= 0.6 is 0 Å². The van der Waals surface area contributed by atoms with Gasteiger partial charge in [-0.25, -0.2) is 4.79 Å². The molecule has 6 heteroatoms. The maximum atomic E-state index is 11.8. The lowest BCUT2D eigenvalue weighted by Gasteiger charge is -2.38. The molecule has 0 aromatic heterocycles. The van der Waals surface area contributed by atoms with Gasteiger partial charge in [-0.2, -0.15) is 0 Å². The summed E-state index contributed by atoms with van der Waals surface area (Å²) in [5.41, 5.74) is 0.538. The van der Waals surface area contributed by atoms with Gasteiger partial charge < -0.3 is 20.5 Å². The minimum absolute atomic E-state index is 0.128. The molecule has 0 bridgehead atoms. The van der Waals surface area contributed by atoms with Crippen LogP contribution in [0.5, 0.6) is 0 Å². The molecule has 1 amide bonds. The smallest absolute Gasteiger partial charge is 0.326 e. The molecule has 0 aliphatic carbocycles. The number of aliphatic carboxylic acids is 1. The second-order valence-corrected chi connectivity index (χ2v) is 5.49. The van der Waals surface area contributed by atoms with Gasteiger partial charge in [-0.15, -0.1) is 0 Å². The summed E-state index contributed by atoms with van der Waals surface area (Å²) in [6.07, 6.45) is 0.251. The van der Waals surface area contributed by atoms with Crippen molar-refractivity contribution in [1.29, 1.82) is 0 Å². The van der Waals surface area contributed by atoms with Crippen LogP contribution in [0.4, 0.5) is 0 Å². The average Bonchev–Trinajstić information content (AvgIpc) is 2.43. The molecule has 0 radical (unpaired) electrons. The summed E-state index contributed by atoms with van der Waals surface area (Å²) < 4.78 is 5.49. The molecule has 3 N–H and O–H groups in total. The second-order valence-electron chi connectivity index (χ2n) is 5.49. The number of rotatable bonds is 7. The van der Waals surface area contributed by atoms with Crippen LogP contribution in [-0.4, -0.2) is 48.3 Å². The van der Waals surface area contributed by atoms with E-state index < -0.39 is 17.9 Å². The van der Waals surface area contributed by atoms with Crippen molar-refractivity contribution in [2.45, 2.75) is 25.0 Å². The summed E-state index contributed by atoms with van der Waals surface area (Å²) in [4.78, 5) is 23.1. The molecule has 0 saturated carbocycles. The lowest BCUT2D eigenvalue weighted by atomic mass is 10.0. The highest BCUT2D eigenvalue weighted by Gasteiger charge is 2.33. The van der Waals surface area contributed by atoms with Crippen molar-refractivity contribution in [1.82, 2.24) is 10.6 Å². The van der Waals surface area contributed by atoms with E-state index in [2.05, 4.69) is 10.6 Å². The van der Waals surface area contributed by atoms with Crippen LogP contribution in [0.1, 0.15) is 12.5 Å². The summed E-state index contributed by atoms with van der Waals surface area (Å²) in [7, 11) is 0. The van der Waals surface area contributed by atoms with Crippen LogP contribution < -0.4 is 10.6 Å². The first-order chi connectivity index (χ1) is 9.98. The predicted molar refractivity (Wildman–Crippen MR) is 76.9 cm³/mol. The number of carbonyl (C=O) groups excluding carboxylic acids is 1. The number of ether oxygens (including phenoxy) is 1. The van der Waals surface area contributed by atoms with Gasteiger partial charge in [0.1, 0.15) is 12.6 Å². The Kier molecular flexibility index (Phi) is 4.93. The molecule has 6 nitrogen and oxygen atoms in total. The van der Waals surface area contributed by atoms with Crippen molar-refractivity contribution >= 4 is 11.9 Å². The minimum atomic E-state index is -1.05. The van der Waals surface area contributed by atoms with E-state index in [1.165, 1.54) is 0 Å². The largest absolute Gasteiger partial charge is 0.480 e. The van der Waals surface area contributed by atoms with Gasteiger partial charge in [0, 0.05) is 19.5 Å². The molecule has 2 rings (SSSR count). The highest BCUT2D eigenvalue weighted by Crippen LogP contribution is 2.14. The quantitative estimate of drug-likeness (QED) is 0.667. The van der Waals surface area contributed by atoms with Crippen LogP contribution in [0, 0.1) is 0 Å². The van der Waals surface area contributed by atoms with Crippen LogP contribution in [0.2, 0.25) is 0 Å². The van der Waals surface area contributed by atoms with E-state index in [1.807, 2.05) is 37.3 Å². The maximum absolute atomic E-state index is 11.8. The Morgan fingerprint density at radius 2 is 2.05 bits per heavy atom. The zero-order valence-electron chi connectivity index (χ0n) is 12.0. The van der Waals surface area contributed by atoms with E-state index in [0.29, 0.717) is 13.1 Å². The first-order valence-corrected chi connectivity index (χ1v) is 6.89. The monoisotopic (exact) mass is 292 g/mol. The highest BCUT2D eigenvalue weighted by molar-refractivity contribution is 5.84. The standard InChI is InChI=1S/C15H20N2O4/c1-15(9-16-10-15)21-8-13(18)17-12(14(19)20)7-11-5-3-2-4-6-11/h2-6,12,16H,7-10H2,1H3,(H,17,18)(H,19,20)/t12-/m1/s1. The number of carbonyl (C=O) groups is 2. The number of amides is 1. The Bertz CT molecular complexity index is 500. The van der Waals surface area contributed by atoms with Gasteiger partial charge in [0.05, 0.1) is 5.60 Å². The van der Waals surface area contributed by atoms with Crippen LogP contribution in [0.3, 0.4) is 0 Å². The Hall–Kier alpha value is -1.92. The average molecular weight is 292 g/mol. The maximum Gasteiger partial charge on any atom is 0.326 e. The SMILES string of the molecule is CC1(OCC(=O)N[C@H](Cc2ccccc2)C(=O)O)CNC1. The first-order valence-electron chi connectivity index (χ1n) is 6.89. The van der Waals surface area contributed by atoms with Gasteiger partial charge in [-0.3, -0.25) is 4.79 Å². The molecule has 1 atom stereocenters. The number of nitrogens with one attached hydrogen (secondary N) is 2. The molecular weight excluding hydrogens is 272 g/mol. The molecule has 114 valence electrons. The van der Waals surface area contributed by atoms with E-state index in [4.69, 9.17) is 4.74 Å². The molecule has 1 saturated heterocycles. The van der Waals surface area contributed by atoms with Gasteiger partial charge in [0.25, 0.3) is 0 Å². The third-order valence-electron chi connectivity index (χ3n) is 3.47. The van der Waals surface area contributed by atoms with Crippen molar-refractivity contribution in [3.8, 4) is 0 Å². The zero-order chi connectivity index (χ0) is 15.3. The Labute approximate surface area is 123 Å². The van der Waals surface area contributed by atoms with E-state index in [1.54, 1.807) is 0 Å². The van der Waals surface area contributed by atoms with Crippen molar-refractivity contribution in [2.24, 2.45) is 0 Å². The topological polar surface area (TPSA) is 87.7 Å². The third kappa shape index (κ3) is 4.54. The third-order valence-corrected chi connectivity index (χ3v) is 3.47. The summed E-state index contributed by atoms with van der Waals surface area (Å²) in [6.45, 7) is 3.19. The summed E-state index contributed by atoms with van der Waals surface area (Å²) in [6, 6.07) is 8.25. The molecule has 1 aliphatic rings. The van der Waals surface area contributed by atoms with Crippen molar-refractivity contribution in [3.05, 3.63) is 35.9 Å². The van der Waals surface area contributed by atoms with Gasteiger partial charge in [0.15, 0.2) is 0 Å². The molecule has 1 aromatic rings. The lowest BCUT2D eigenvalue weighted by Crippen LogP contribution is -2.60. The highest BCUT2D eigenvalue weighted by atomic mass is 16.5. The Morgan fingerprint density at radius 3 is 2.57 bits per heavy atom. The van der Waals surface area contributed by atoms with Crippen molar-refractivity contribution in [3.63, 3.8) is 0 Å².